The van der Waals surface area contributed by atoms with Crippen molar-refractivity contribution in [3.63, 3.8) is 0 Å². The van der Waals surface area contributed by atoms with Crippen molar-refractivity contribution in [1.29, 1.82) is 0 Å². The van der Waals surface area contributed by atoms with Crippen LogP contribution in [0, 0.1) is 13.5 Å². The summed E-state index contributed by atoms with van der Waals surface area (Å²) in [6, 6.07) is 11.8. The molecule has 1 N–H and O–H groups in total. The molecule has 0 fully saturated rings. The van der Waals surface area contributed by atoms with Crippen LogP contribution in [0.1, 0.15) is 16.7 Å². The zero-order valence-corrected chi connectivity index (χ0v) is 13.8. The van der Waals surface area contributed by atoms with Crippen molar-refractivity contribution in [2.75, 3.05) is 20.8 Å². The molecule has 0 saturated carbocycles. The molecule has 2 aromatic carbocycles. The van der Waals surface area contributed by atoms with Gasteiger partial charge in [0.05, 0.1) is 20.8 Å². The fraction of sp³-hybridized carbons (Fsp3) is 0.316. The monoisotopic (exact) mass is 310 g/mol. The van der Waals surface area contributed by atoms with Crippen molar-refractivity contribution in [2.45, 2.75) is 19.9 Å². The maximum Gasteiger partial charge on any atom is 0.187 e. The quantitative estimate of drug-likeness (QED) is 0.622. The van der Waals surface area contributed by atoms with E-state index in [9.17, 15) is 0 Å². The fourth-order valence-corrected chi connectivity index (χ4v) is 2.54. The molecule has 0 radical (unpaired) electrons. The molecule has 0 unspecified atom stereocenters. The average Bonchev–Trinajstić information content (AvgIpc) is 2.58. The Morgan fingerprint density at radius 3 is 2.61 bits per heavy atom. The smallest absolute Gasteiger partial charge is 0.187 e. The van der Waals surface area contributed by atoms with Gasteiger partial charge in [0, 0.05) is 6.54 Å². The molecule has 120 valence electrons. The van der Waals surface area contributed by atoms with E-state index in [1.165, 1.54) is 0 Å². The Kier molecular flexibility index (Phi) is 6.02. The first-order valence-electron chi connectivity index (χ1n) is 7.56. The summed E-state index contributed by atoms with van der Waals surface area (Å²) in [6.07, 6.45) is 0.849. The Labute approximate surface area is 137 Å². The zero-order valence-electron chi connectivity index (χ0n) is 13.8. The molecule has 4 nitrogen and oxygen atoms in total. The molecule has 0 aliphatic carbocycles. The standard InChI is InChI=1S/C19H22N2O2/c1-14-9-15(11-17(10-14)20-2)13-21-8-7-16-12-18(22-3)5-6-19(16)23-4/h5-6,9-12,21H,7-8,13H2,1,3-4H3. The van der Waals surface area contributed by atoms with Crippen LogP contribution in [0.25, 0.3) is 4.85 Å². The number of rotatable bonds is 7. The highest BCUT2D eigenvalue weighted by atomic mass is 16.5. The molecule has 0 aromatic heterocycles. The number of benzene rings is 2. The largest absolute Gasteiger partial charge is 0.497 e. The van der Waals surface area contributed by atoms with Gasteiger partial charge in [-0.3, -0.25) is 0 Å². The van der Waals surface area contributed by atoms with Gasteiger partial charge < -0.3 is 14.8 Å². The fourth-order valence-electron chi connectivity index (χ4n) is 2.54. The van der Waals surface area contributed by atoms with E-state index < -0.39 is 0 Å². The van der Waals surface area contributed by atoms with Gasteiger partial charge in [-0.25, -0.2) is 4.85 Å². The van der Waals surface area contributed by atoms with Gasteiger partial charge in [-0.05, 0) is 49.2 Å². The van der Waals surface area contributed by atoms with Crippen molar-refractivity contribution < 1.29 is 9.47 Å². The van der Waals surface area contributed by atoms with Gasteiger partial charge in [0.2, 0.25) is 0 Å². The maximum atomic E-state index is 7.12. The van der Waals surface area contributed by atoms with Crippen LogP contribution < -0.4 is 14.8 Å². The van der Waals surface area contributed by atoms with Crippen LogP contribution in [0.15, 0.2) is 36.4 Å². The number of methoxy groups -OCH3 is 2. The first-order valence-corrected chi connectivity index (χ1v) is 7.56. The van der Waals surface area contributed by atoms with E-state index in [4.69, 9.17) is 16.0 Å². The van der Waals surface area contributed by atoms with Crippen LogP contribution in [0.4, 0.5) is 5.69 Å². The molecular formula is C19H22N2O2. The zero-order chi connectivity index (χ0) is 16.7. The van der Waals surface area contributed by atoms with Crippen molar-refractivity contribution in [1.82, 2.24) is 5.32 Å². The third-order valence-electron chi connectivity index (χ3n) is 3.64. The van der Waals surface area contributed by atoms with E-state index in [-0.39, 0.29) is 0 Å². The summed E-state index contributed by atoms with van der Waals surface area (Å²) in [5.41, 5.74) is 4.06. The van der Waals surface area contributed by atoms with E-state index in [0.29, 0.717) is 5.69 Å². The average molecular weight is 310 g/mol. The van der Waals surface area contributed by atoms with Gasteiger partial charge >= 0.3 is 0 Å². The van der Waals surface area contributed by atoms with Crippen LogP contribution in [0.5, 0.6) is 11.5 Å². The lowest BCUT2D eigenvalue weighted by Gasteiger charge is -2.11. The SMILES string of the molecule is [C-]#[N+]c1cc(C)cc(CNCCc2cc(OC)ccc2OC)c1. The Morgan fingerprint density at radius 1 is 1.09 bits per heavy atom. The van der Waals surface area contributed by atoms with Crippen LogP contribution in [-0.2, 0) is 13.0 Å². The molecule has 0 atom stereocenters. The van der Waals surface area contributed by atoms with Crippen LogP contribution in [0.3, 0.4) is 0 Å². The summed E-state index contributed by atoms with van der Waals surface area (Å²) in [6.45, 7) is 10.7. The highest BCUT2D eigenvalue weighted by Crippen LogP contribution is 2.24. The lowest BCUT2D eigenvalue weighted by atomic mass is 10.1. The van der Waals surface area contributed by atoms with E-state index in [1.807, 2.05) is 37.3 Å². The van der Waals surface area contributed by atoms with Gasteiger partial charge in [0.25, 0.3) is 0 Å². The maximum absolute atomic E-state index is 7.12. The van der Waals surface area contributed by atoms with Gasteiger partial charge in [-0.2, -0.15) is 0 Å². The van der Waals surface area contributed by atoms with Crippen molar-refractivity contribution in [3.05, 3.63) is 64.5 Å². The Bertz CT molecular complexity index is 705. The lowest BCUT2D eigenvalue weighted by Crippen LogP contribution is -2.17. The molecule has 2 rings (SSSR count). The molecule has 0 spiro atoms. The summed E-state index contributed by atoms with van der Waals surface area (Å²) in [5, 5.41) is 3.42. The third-order valence-corrected chi connectivity index (χ3v) is 3.64. The molecule has 0 saturated heterocycles. The molecule has 0 aliphatic rings. The van der Waals surface area contributed by atoms with Crippen LogP contribution >= 0.6 is 0 Å². The molecule has 0 aliphatic heterocycles. The summed E-state index contributed by atoms with van der Waals surface area (Å²) in [4.78, 5) is 3.50. The number of hydrogen-bond acceptors (Lipinski definition) is 3. The second kappa shape index (κ2) is 8.21. The van der Waals surface area contributed by atoms with Gasteiger partial charge in [0.15, 0.2) is 5.69 Å². The van der Waals surface area contributed by atoms with Crippen LogP contribution in [-0.4, -0.2) is 20.8 Å². The summed E-state index contributed by atoms with van der Waals surface area (Å²) >= 11 is 0. The van der Waals surface area contributed by atoms with Crippen molar-refractivity contribution >= 4 is 5.69 Å². The number of aryl methyl sites for hydroxylation is 1. The second-order valence-electron chi connectivity index (χ2n) is 5.39. The number of nitrogens with zero attached hydrogens (tertiary/aromatic N) is 1. The number of nitrogens with one attached hydrogen (secondary N) is 1. The Hall–Kier alpha value is -2.51. The van der Waals surface area contributed by atoms with Crippen LogP contribution in [0.2, 0.25) is 0 Å². The summed E-state index contributed by atoms with van der Waals surface area (Å²) < 4.78 is 10.7. The topological polar surface area (TPSA) is 34.9 Å². The van der Waals surface area contributed by atoms with E-state index >= 15 is 0 Å². The van der Waals surface area contributed by atoms with E-state index in [0.717, 1.165) is 47.7 Å². The molecule has 4 heteroatoms. The van der Waals surface area contributed by atoms with Gasteiger partial charge in [-0.1, -0.05) is 23.8 Å². The Balaban J connectivity index is 1.93. The number of ether oxygens (including phenoxy) is 2. The third kappa shape index (κ3) is 4.73. The highest BCUT2D eigenvalue weighted by molar-refractivity contribution is 5.49. The molecule has 0 heterocycles. The first-order chi connectivity index (χ1) is 11.2. The van der Waals surface area contributed by atoms with Gasteiger partial charge in [-0.15, -0.1) is 0 Å². The molecule has 0 bridgehead atoms. The minimum atomic E-state index is 0.691. The summed E-state index contributed by atoms with van der Waals surface area (Å²) in [7, 11) is 3.34. The van der Waals surface area contributed by atoms with E-state index in [2.05, 4.69) is 16.2 Å². The minimum Gasteiger partial charge on any atom is -0.497 e. The summed E-state index contributed by atoms with van der Waals surface area (Å²) in [5.74, 6) is 1.71. The molecule has 0 amide bonds. The molecular weight excluding hydrogens is 288 g/mol. The predicted octanol–water partition coefficient (Wildman–Crippen LogP) is 3.90. The normalized spacial score (nSPS) is 10.2. The Morgan fingerprint density at radius 2 is 1.91 bits per heavy atom. The molecule has 23 heavy (non-hydrogen) atoms. The van der Waals surface area contributed by atoms with Gasteiger partial charge in [0.1, 0.15) is 11.5 Å². The highest BCUT2D eigenvalue weighted by Gasteiger charge is 2.05. The predicted molar refractivity (Wildman–Crippen MR) is 92.4 cm³/mol. The number of hydrogen-bond donors (Lipinski definition) is 1. The van der Waals surface area contributed by atoms with E-state index in [1.54, 1.807) is 14.2 Å². The minimum absolute atomic E-state index is 0.691. The first kappa shape index (κ1) is 16.9. The lowest BCUT2D eigenvalue weighted by molar-refractivity contribution is 0.398. The molecule has 2 aromatic rings. The second-order valence-corrected chi connectivity index (χ2v) is 5.39. The van der Waals surface area contributed by atoms with Crippen molar-refractivity contribution in [2.24, 2.45) is 0 Å². The van der Waals surface area contributed by atoms with Crippen molar-refractivity contribution in [3.8, 4) is 11.5 Å².